The second-order valence-corrected chi connectivity index (χ2v) is 7.24. The van der Waals surface area contributed by atoms with Crippen molar-refractivity contribution < 1.29 is 13.2 Å². The average molecular weight is 289 g/mol. The van der Waals surface area contributed by atoms with Gasteiger partial charge < -0.3 is 5.73 Å². The van der Waals surface area contributed by atoms with Gasteiger partial charge in [-0.3, -0.25) is 4.79 Å². The molecule has 0 saturated carbocycles. The minimum absolute atomic E-state index is 0.223. The van der Waals surface area contributed by atoms with Crippen LogP contribution < -0.4 is 5.73 Å². The van der Waals surface area contributed by atoms with Gasteiger partial charge in [0, 0.05) is 24.4 Å². The molecule has 8 heteroatoms. The standard InChI is InChI=1S/C10H15N3O3S2/c1-18(15,16)13-4-2-7(3-5-13)10-12-8(6-17-10)9(11)14/h6-7H,2-5H2,1H3,(H2,11,14). The fourth-order valence-corrected chi connectivity index (χ4v) is 3.88. The van der Waals surface area contributed by atoms with Crippen LogP contribution in [0.3, 0.4) is 0 Å². The first-order valence-corrected chi connectivity index (χ1v) is 8.31. The molecule has 0 aromatic carbocycles. The van der Waals surface area contributed by atoms with Gasteiger partial charge in [-0.1, -0.05) is 0 Å². The molecular formula is C10H15N3O3S2. The Hall–Kier alpha value is -0.990. The van der Waals surface area contributed by atoms with E-state index >= 15 is 0 Å². The highest BCUT2D eigenvalue weighted by molar-refractivity contribution is 7.88. The zero-order valence-electron chi connectivity index (χ0n) is 10.00. The highest BCUT2D eigenvalue weighted by Crippen LogP contribution is 2.30. The van der Waals surface area contributed by atoms with E-state index in [1.165, 1.54) is 21.9 Å². The van der Waals surface area contributed by atoms with Crippen LogP contribution in [-0.2, 0) is 10.0 Å². The SMILES string of the molecule is CS(=O)(=O)N1CCC(c2nc(C(N)=O)cs2)CC1. The molecule has 100 valence electrons. The largest absolute Gasteiger partial charge is 0.364 e. The minimum atomic E-state index is -3.10. The minimum Gasteiger partial charge on any atom is -0.364 e. The predicted octanol–water partition coefficient (Wildman–Crippen LogP) is 0.381. The highest BCUT2D eigenvalue weighted by atomic mass is 32.2. The highest BCUT2D eigenvalue weighted by Gasteiger charge is 2.27. The van der Waals surface area contributed by atoms with Crippen molar-refractivity contribution in [2.24, 2.45) is 5.73 Å². The monoisotopic (exact) mass is 289 g/mol. The molecule has 1 aromatic rings. The van der Waals surface area contributed by atoms with Crippen LogP contribution >= 0.6 is 11.3 Å². The van der Waals surface area contributed by atoms with Crippen LogP contribution in [0.2, 0.25) is 0 Å². The third kappa shape index (κ3) is 2.88. The Balaban J connectivity index is 2.03. The van der Waals surface area contributed by atoms with Gasteiger partial charge in [0.2, 0.25) is 10.0 Å². The molecule has 1 aliphatic heterocycles. The van der Waals surface area contributed by atoms with Crippen molar-refractivity contribution in [3.05, 3.63) is 16.1 Å². The zero-order valence-corrected chi connectivity index (χ0v) is 11.6. The summed E-state index contributed by atoms with van der Waals surface area (Å²) >= 11 is 1.41. The van der Waals surface area contributed by atoms with Crippen molar-refractivity contribution in [1.82, 2.24) is 9.29 Å². The molecule has 0 radical (unpaired) electrons. The van der Waals surface area contributed by atoms with Gasteiger partial charge >= 0.3 is 0 Å². The van der Waals surface area contributed by atoms with Crippen molar-refractivity contribution in [3.8, 4) is 0 Å². The van der Waals surface area contributed by atoms with Crippen molar-refractivity contribution in [2.45, 2.75) is 18.8 Å². The summed E-state index contributed by atoms with van der Waals surface area (Å²) in [5.41, 5.74) is 5.45. The van der Waals surface area contributed by atoms with Crippen LogP contribution in [0.1, 0.15) is 34.3 Å². The maximum Gasteiger partial charge on any atom is 0.268 e. The second-order valence-electron chi connectivity index (χ2n) is 4.37. The fraction of sp³-hybridized carbons (Fsp3) is 0.600. The van der Waals surface area contributed by atoms with E-state index in [2.05, 4.69) is 4.98 Å². The molecule has 1 fully saturated rings. The van der Waals surface area contributed by atoms with E-state index in [1.807, 2.05) is 0 Å². The summed E-state index contributed by atoms with van der Waals surface area (Å²) in [6, 6.07) is 0. The van der Waals surface area contributed by atoms with Gasteiger partial charge in [-0.2, -0.15) is 0 Å². The molecular weight excluding hydrogens is 274 g/mol. The Kier molecular flexibility index (Phi) is 3.69. The lowest BCUT2D eigenvalue weighted by Crippen LogP contribution is -2.37. The second kappa shape index (κ2) is 4.94. The fourth-order valence-electron chi connectivity index (χ4n) is 2.02. The first-order valence-electron chi connectivity index (χ1n) is 5.58. The van der Waals surface area contributed by atoms with Crippen LogP contribution in [0.5, 0.6) is 0 Å². The van der Waals surface area contributed by atoms with E-state index in [9.17, 15) is 13.2 Å². The van der Waals surface area contributed by atoms with Gasteiger partial charge in [0.25, 0.3) is 5.91 Å². The van der Waals surface area contributed by atoms with Crippen molar-refractivity contribution in [1.29, 1.82) is 0 Å². The summed E-state index contributed by atoms with van der Waals surface area (Å²) < 4.78 is 24.2. The van der Waals surface area contributed by atoms with E-state index in [-0.39, 0.29) is 5.92 Å². The topological polar surface area (TPSA) is 93.4 Å². The number of primary amides is 1. The molecule has 0 bridgehead atoms. The first kappa shape index (κ1) is 13.4. The molecule has 6 nitrogen and oxygen atoms in total. The molecule has 0 atom stereocenters. The number of carbonyl (C=O) groups excluding carboxylic acids is 1. The average Bonchev–Trinajstić information content (AvgIpc) is 2.77. The summed E-state index contributed by atoms with van der Waals surface area (Å²) in [6.07, 6.45) is 2.69. The summed E-state index contributed by atoms with van der Waals surface area (Å²) in [5.74, 6) is -0.299. The number of rotatable bonds is 3. The third-order valence-corrected chi connectivity index (χ3v) is 5.36. The molecule has 1 saturated heterocycles. The van der Waals surface area contributed by atoms with E-state index in [0.29, 0.717) is 18.8 Å². The van der Waals surface area contributed by atoms with Crippen LogP contribution in [0.4, 0.5) is 0 Å². The molecule has 1 aromatic heterocycles. The van der Waals surface area contributed by atoms with Crippen LogP contribution in [-0.4, -0.2) is 43.0 Å². The normalized spacial score (nSPS) is 18.9. The van der Waals surface area contributed by atoms with E-state index in [1.54, 1.807) is 5.38 Å². The predicted molar refractivity (Wildman–Crippen MR) is 69.0 cm³/mol. The van der Waals surface area contributed by atoms with Gasteiger partial charge in [0.1, 0.15) is 5.69 Å². The van der Waals surface area contributed by atoms with Gasteiger partial charge in [0.05, 0.1) is 11.3 Å². The number of carbonyl (C=O) groups is 1. The van der Waals surface area contributed by atoms with Gasteiger partial charge in [-0.15, -0.1) is 11.3 Å². The van der Waals surface area contributed by atoms with E-state index in [0.717, 1.165) is 17.8 Å². The summed E-state index contributed by atoms with van der Waals surface area (Å²) in [5, 5.41) is 2.53. The van der Waals surface area contributed by atoms with Crippen molar-refractivity contribution in [3.63, 3.8) is 0 Å². The number of thiazole rings is 1. The smallest absolute Gasteiger partial charge is 0.268 e. The third-order valence-electron chi connectivity index (χ3n) is 3.05. The molecule has 1 aliphatic rings. The Morgan fingerprint density at radius 1 is 1.50 bits per heavy atom. The Morgan fingerprint density at radius 2 is 2.11 bits per heavy atom. The number of amides is 1. The zero-order chi connectivity index (χ0) is 13.3. The van der Waals surface area contributed by atoms with Crippen LogP contribution in [0.25, 0.3) is 0 Å². The maximum atomic E-state index is 11.4. The molecule has 1 amide bonds. The number of piperidine rings is 1. The summed E-state index contributed by atoms with van der Waals surface area (Å²) in [4.78, 5) is 15.2. The lowest BCUT2D eigenvalue weighted by Gasteiger charge is -2.29. The lowest BCUT2D eigenvalue weighted by molar-refractivity contribution is 0.0996. The Bertz CT molecular complexity index is 544. The maximum absolute atomic E-state index is 11.4. The van der Waals surface area contributed by atoms with Crippen LogP contribution in [0.15, 0.2) is 5.38 Å². The number of nitrogens with zero attached hydrogens (tertiary/aromatic N) is 2. The lowest BCUT2D eigenvalue weighted by atomic mass is 9.99. The number of hydrogen-bond acceptors (Lipinski definition) is 5. The van der Waals surface area contributed by atoms with E-state index < -0.39 is 15.9 Å². The van der Waals surface area contributed by atoms with Crippen LogP contribution in [0, 0.1) is 0 Å². The molecule has 0 unspecified atom stereocenters. The summed E-state index contributed by atoms with van der Waals surface area (Å²) in [6.45, 7) is 1.02. The molecule has 0 spiro atoms. The molecule has 0 aliphatic carbocycles. The molecule has 2 rings (SSSR count). The Labute approximate surface area is 110 Å². The first-order chi connectivity index (χ1) is 8.38. The summed E-state index contributed by atoms with van der Waals surface area (Å²) in [7, 11) is -3.10. The van der Waals surface area contributed by atoms with Crippen molar-refractivity contribution in [2.75, 3.05) is 19.3 Å². The van der Waals surface area contributed by atoms with Gasteiger partial charge in [-0.25, -0.2) is 17.7 Å². The quantitative estimate of drug-likeness (QED) is 0.870. The molecule has 2 N–H and O–H groups in total. The molecule has 2 heterocycles. The number of hydrogen-bond donors (Lipinski definition) is 1. The molecule has 18 heavy (non-hydrogen) atoms. The number of aromatic nitrogens is 1. The van der Waals surface area contributed by atoms with E-state index in [4.69, 9.17) is 5.73 Å². The number of sulfonamides is 1. The van der Waals surface area contributed by atoms with Crippen molar-refractivity contribution >= 4 is 27.3 Å². The Morgan fingerprint density at radius 3 is 2.56 bits per heavy atom. The van der Waals surface area contributed by atoms with Gasteiger partial charge in [-0.05, 0) is 12.8 Å². The number of nitrogens with two attached hydrogens (primary N) is 1. The van der Waals surface area contributed by atoms with Gasteiger partial charge in [0.15, 0.2) is 0 Å².